The van der Waals surface area contributed by atoms with E-state index < -0.39 is 17.9 Å². The van der Waals surface area contributed by atoms with Gasteiger partial charge in [-0.25, -0.2) is 4.39 Å². The Morgan fingerprint density at radius 3 is 2.50 bits per heavy atom. The minimum Gasteiger partial charge on any atom is -0.403 e. The molecule has 1 aromatic rings. The van der Waals surface area contributed by atoms with Gasteiger partial charge in [-0.3, -0.25) is 0 Å². The van der Waals surface area contributed by atoms with Crippen LogP contribution in [-0.2, 0) is 6.54 Å². The Hall–Kier alpha value is -1.30. The van der Waals surface area contributed by atoms with Gasteiger partial charge in [0.15, 0.2) is 11.6 Å². The van der Waals surface area contributed by atoms with E-state index in [1.807, 2.05) is 13.8 Å². The Kier molecular flexibility index (Phi) is 4.95. The summed E-state index contributed by atoms with van der Waals surface area (Å²) >= 11 is 0. The van der Waals surface area contributed by atoms with Crippen molar-refractivity contribution < 1.29 is 22.3 Å². The van der Waals surface area contributed by atoms with E-state index in [-0.39, 0.29) is 12.1 Å². The van der Waals surface area contributed by atoms with Crippen molar-refractivity contribution in [1.82, 2.24) is 5.32 Å². The Morgan fingerprint density at radius 2 is 1.94 bits per heavy atom. The van der Waals surface area contributed by atoms with Crippen LogP contribution in [-0.4, -0.2) is 12.9 Å². The summed E-state index contributed by atoms with van der Waals surface area (Å²) in [5.41, 5.74) is 0.150. The first kappa shape index (κ1) is 14.8. The average molecular weight is 265 g/mol. The molecule has 18 heavy (non-hydrogen) atoms. The van der Waals surface area contributed by atoms with Gasteiger partial charge in [-0.2, -0.15) is 0 Å². The summed E-state index contributed by atoms with van der Waals surface area (Å²) in [5, 5.41) is 2.96. The van der Waals surface area contributed by atoms with Crippen LogP contribution in [0.25, 0.3) is 0 Å². The van der Waals surface area contributed by atoms with Crippen LogP contribution in [0.4, 0.5) is 17.6 Å². The second-order valence-corrected chi connectivity index (χ2v) is 4.30. The molecule has 0 saturated carbocycles. The third-order valence-corrected chi connectivity index (χ3v) is 2.14. The van der Waals surface area contributed by atoms with Crippen LogP contribution in [0.3, 0.4) is 0 Å². The number of rotatable bonds is 5. The fraction of sp³-hybridized carbons (Fsp3) is 0.500. The van der Waals surface area contributed by atoms with Crippen LogP contribution in [0, 0.1) is 11.7 Å². The van der Waals surface area contributed by atoms with E-state index in [4.69, 9.17) is 0 Å². The van der Waals surface area contributed by atoms with E-state index >= 15 is 0 Å². The van der Waals surface area contributed by atoms with Crippen molar-refractivity contribution in [3.63, 3.8) is 0 Å². The van der Waals surface area contributed by atoms with Crippen LogP contribution in [0.15, 0.2) is 18.2 Å². The molecule has 0 bridgehead atoms. The third-order valence-electron chi connectivity index (χ3n) is 2.14. The van der Waals surface area contributed by atoms with Gasteiger partial charge in [0.05, 0.1) is 0 Å². The maximum absolute atomic E-state index is 13.7. The fourth-order valence-corrected chi connectivity index (χ4v) is 1.39. The molecule has 0 spiro atoms. The Bertz CT molecular complexity index is 390. The molecule has 2 nitrogen and oxygen atoms in total. The lowest BCUT2D eigenvalue weighted by molar-refractivity contribution is -0.275. The van der Waals surface area contributed by atoms with Crippen molar-refractivity contribution in [2.45, 2.75) is 26.8 Å². The number of ether oxygens (including phenoxy) is 1. The molecular formula is C12H15F4NO. The van der Waals surface area contributed by atoms with E-state index in [1.165, 1.54) is 12.1 Å². The third kappa shape index (κ3) is 4.91. The van der Waals surface area contributed by atoms with Gasteiger partial charge >= 0.3 is 6.36 Å². The summed E-state index contributed by atoms with van der Waals surface area (Å²) < 4.78 is 53.3. The van der Waals surface area contributed by atoms with Crippen molar-refractivity contribution >= 4 is 0 Å². The van der Waals surface area contributed by atoms with Crippen LogP contribution in [0.5, 0.6) is 5.75 Å². The van der Waals surface area contributed by atoms with Crippen molar-refractivity contribution in [3.8, 4) is 5.75 Å². The first-order valence-electron chi connectivity index (χ1n) is 5.53. The van der Waals surface area contributed by atoms with Crippen LogP contribution in [0.1, 0.15) is 19.4 Å². The van der Waals surface area contributed by atoms with E-state index in [9.17, 15) is 17.6 Å². The lowest BCUT2D eigenvalue weighted by Gasteiger charge is -2.12. The van der Waals surface area contributed by atoms with Gasteiger partial charge in [0, 0.05) is 12.1 Å². The highest BCUT2D eigenvalue weighted by Crippen LogP contribution is 2.27. The average Bonchev–Trinajstić information content (AvgIpc) is 2.21. The largest absolute Gasteiger partial charge is 0.573 e. The molecule has 0 aliphatic rings. The lowest BCUT2D eigenvalue weighted by Crippen LogP contribution is -2.21. The summed E-state index contributed by atoms with van der Waals surface area (Å²) in [6, 6.07) is 3.71. The topological polar surface area (TPSA) is 21.3 Å². The second kappa shape index (κ2) is 6.04. The van der Waals surface area contributed by atoms with Gasteiger partial charge in [-0.15, -0.1) is 13.2 Å². The number of hydrogen-bond donors (Lipinski definition) is 1. The Morgan fingerprint density at radius 1 is 1.28 bits per heavy atom. The van der Waals surface area contributed by atoms with Crippen molar-refractivity contribution in [2.24, 2.45) is 5.92 Å². The molecule has 102 valence electrons. The summed E-state index contributed by atoms with van der Waals surface area (Å²) in [7, 11) is 0. The molecular weight excluding hydrogens is 250 g/mol. The molecule has 1 N–H and O–H groups in total. The second-order valence-electron chi connectivity index (χ2n) is 4.30. The van der Waals surface area contributed by atoms with Gasteiger partial charge in [0.25, 0.3) is 0 Å². The number of nitrogens with one attached hydrogen (secondary N) is 1. The maximum atomic E-state index is 13.7. The van der Waals surface area contributed by atoms with E-state index in [2.05, 4.69) is 10.1 Å². The highest BCUT2D eigenvalue weighted by atomic mass is 19.4. The minimum absolute atomic E-state index is 0.150. The predicted molar refractivity (Wildman–Crippen MR) is 59.6 cm³/mol. The van der Waals surface area contributed by atoms with E-state index in [1.54, 1.807) is 0 Å². The summed E-state index contributed by atoms with van der Waals surface area (Å²) in [6.45, 7) is 4.78. The molecule has 1 rings (SSSR count). The van der Waals surface area contributed by atoms with Gasteiger partial charge in [0.2, 0.25) is 0 Å². The molecule has 0 unspecified atom stereocenters. The maximum Gasteiger partial charge on any atom is 0.573 e. The van der Waals surface area contributed by atoms with Crippen molar-refractivity contribution in [1.29, 1.82) is 0 Å². The van der Waals surface area contributed by atoms with E-state index in [0.29, 0.717) is 12.5 Å². The molecule has 0 amide bonds. The first-order chi connectivity index (χ1) is 8.29. The molecule has 0 radical (unpaired) electrons. The van der Waals surface area contributed by atoms with Gasteiger partial charge in [0.1, 0.15) is 0 Å². The monoisotopic (exact) mass is 265 g/mol. The van der Waals surface area contributed by atoms with Crippen LogP contribution in [0.2, 0.25) is 0 Å². The van der Waals surface area contributed by atoms with E-state index in [0.717, 1.165) is 6.07 Å². The zero-order chi connectivity index (χ0) is 13.8. The molecule has 0 heterocycles. The molecule has 0 saturated heterocycles. The molecule has 0 aliphatic heterocycles. The minimum atomic E-state index is -4.88. The quantitative estimate of drug-likeness (QED) is 0.823. The molecule has 1 aromatic carbocycles. The lowest BCUT2D eigenvalue weighted by atomic mass is 10.2. The standard InChI is InChI=1S/C12H15F4NO/c1-8(2)6-17-7-9-4-3-5-10(11(9)13)18-12(14,15)16/h3-5,8,17H,6-7H2,1-2H3. The molecule has 0 fully saturated rings. The summed E-state index contributed by atoms with van der Waals surface area (Å²) in [5.74, 6) is -1.40. The number of hydrogen-bond acceptors (Lipinski definition) is 2. The zero-order valence-electron chi connectivity index (χ0n) is 10.1. The summed E-state index contributed by atoms with van der Waals surface area (Å²) in [6.07, 6.45) is -4.88. The Labute approximate surface area is 103 Å². The smallest absolute Gasteiger partial charge is 0.403 e. The van der Waals surface area contributed by atoms with Crippen molar-refractivity contribution in [2.75, 3.05) is 6.54 Å². The number of alkyl halides is 3. The van der Waals surface area contributed by atoms with Gasteiger partial charge < -0.3 is 10.1 Å². The first-order valence-corrected chi connectivity index (χ1v) is 5.53. The highest BCUT2D eigenvalue weighted by molar-refractivity contribution is 5.31. The number of halogens is 4. The summed E-state index contributed by atoms with van der Waals surface area (Å²) in [4.78, 5) is 0. The van der Waals surface area contributed by atoms with Gasteiger partial charge in [-0.05, 0) is 18.5 Å². The highest BCUT2D eigenvalue weighted by Gasteiger charge is 2.32. The molecule has 0 aromatic heterocycles. The molecule has 0 aliphatic carbocycles. The normalized spacial score (nSPS) is 11.9. The zero-order valence-corrected chi connectivity index (χ0v) is 10.1. The predicted octanol–water partition coefficient (Wildman–Crippen LogP) is 3.47. The van der Waals surface area contributed by atoms with Crippen molar-refractivity contribution in [3.05, 3.63) is 29.6 Å². The SMILES string of the molecule is CC(C)CNCc1cccc(OC(F)(F)F)c1F. The van der Waals surface area contributed by atoms with Crippen LogP contribution < -0.4 is 10.1 Å². The number of benzene rings is 1. The van der Waals surface area contributed by atoms with Gasteiger partial charge in [-0.1, -0.05) is 26.0 Å². The molecule has 6 heteroatoms. The molecule has 0 atom stereocenters. The van der Waals surface area contributed by atoms with Crippen LogP contribution >= 0.6 is 0 Å². The fourth-order valence-electron chi connectivity index (χ4n) is 1.39. The Balaban J connectivity index is 2.72.